The van der Waals surface area contributed by atoms with Crippen LogP contribution in [0.4, 0.5) is 0 Å². The molecule has 0 aliphatic carbocycles. The lowest BCUT2D eigenvalue weighted by atomic mass is 10.2. The summed E-state index contributed by atoms with van der Waals surface area (Å²) in [5.41, 5.74) is 1.34. The summed E-state index contributed by atoms with van der Waals surface area (Å²) in [6.07, 6.45) is 0. The van der Waals surface area contributed by atoms with Gasteiger partial charge in [-0.3, -0.25) is 0 Å². The fourth-order valence-electron chi connectivity index (χ4n) is 0.778. The molecule has 0 bridgehead atoms. The van der Waals surface area contributed by atoms with Gasteiger partial charge in [0.15, 0.2) is 0 Å². The number of aromatic nitrogens is 1. The molecule has 0 aromatic carbocycles. The molecule has 1 N–H and O–H groups in total. The summed E-state index contributed by atoms with van der Waals surface area (Å²) in [5, 5.41) is 9.63. The Kier molecular flexibility index (Phi) is 4.67. The standard InChI is InChI=1S/C7H8ClNO.C2H6/c1-4-3-6(8)9-5(2)7(4)10;1-2/h3,10H,1-2H3;1-2H3. The van der Waals surface area contributed by atoms with E-state index in [1.54, 1.807) is 19.9 Å². The Hall–Kier alpha value is -0.760. The predicted molar refractivity (Wildman–Crippen MR) is 51.7 cm³/mol. The van der Waals surface area contributed by atoms with Crippen molar-refractivity contribution in [1.29, 1.82) is 0 Å². The van der Waals surface area contributed by atoms with Crippen LogP contribution in [0.25, 0.3) is 0 Å². The molecule has 0 aliphatic rings. The van der Waals surface area contributed by atoms with E-state index in [1.807, 2.05) is 13.8 Å². The maximum atomic E-state index is 9.21. The number of rotatable bonds is 0. The van der Waals surface area contributed by atoms with Crippen LogP contribution in [-0.4, -0.2) is 10.1 Å². The van der Waals surface area contributed by atoms with Gasteiger partial charge in [0.05, 0.1) is 5.69 Å². The van der Waals surface area contributed by atoms with Gasteiger partial charge in [-0.15, -0.1) is 0 Å². The van der Waals surface area contributed by atoms with E-state index < -0.39 is 0 Å². The Morgan fingerprint density at radius 3 is 2.25 bits per heavy atom. The Labute approximate surface area is 78.2 Å². The molecular weight excluding hydrogens is 174 g/mol. The molecular formula is C9H14ClNO. The Bertz CT molecular complexity index is 238. The zero-order chi connectivity index (χ0) is 9.72. The van der Waals surface area contributed by atoms with Gasteiger partial charge < -0.3 is 5.11 Å². The second kappa shape index (κ2) is 4.99. The van der Waals surface area contributed by atoms with Crippen molar-refractivity contribution in [3.63, 3.8) is 0 Å². The van der Waals surface area contributed by atoms with Gasteiger partial charge in [0, 0.05) is 0 Å². The molecule has 1 heterocycles. The van der Waals surface area contributed by atoms with Crippen molar-refractivity contribution in [1.82, 2.24) is 4.98 Å². The van der Waals surface area contributed by atoms with Gasteiger partial charge in [-0.25, -0.2) is 4.98 Å². The third-order valence-corrected chi connectivity index (χ3v) is 1.52. The maximum absolute atomic E-state index is 9.21. The van der Waals surface area contributed by atoms with Crippen molar-refractivity contribution >= 4 is 11.6 Å². The third-order valence-electron chi connectivity index (χ3n) is 1.33. The maximum Gasteiger partial charge on any atom is 0.139 e. The molecule has 0 saturated heterocycles. The topological polar surface area (TPSA) is 33.1 Å². The quantitative estimate of drug-likeness (QED) is 0.634. The first-order chi connectivity index (χ1) is 5.61. The highest BCUT2D eigenvalue weighted by molar-refractivity contribution is 6.29. The monoisotopic (exact) mass is 187 g/mol. The van der Waals surface area contributed by atoms with Crippen molar-refractivity contribution in [3.05, 3.63) is 22.5 Å². The molecule has 0 radical (unpaired) electrons. The van der Waals surface area contributed by atoms with Crippen molar-refractivity contribution < 1.29 is 5.11 Å². The summed E-state index contributed by atoms with van der Waals surface area (Å²) >= 11 is 5.60. The van der Waals surface area contributed by atoms with E-state index >= 15 is 0 Å². The van der Waals surface area contributed by atoms with E-state index in [2.05, 4.69) is 4.98 Å². The van der Waals surface area contributed by atoms with Crippen LogP contribution in [-0.2, 0) is 0 Å². The van der Waals surface area contributed by atoms with Gasteiger partial charge in [-0.05, 0) is 25.5 Å². The van der Waals surface area contributed by atoms with E-state index in [9.17, 15) is 5.11 Å². The molecule has 12 heavy (non-hydrogen) atoms. The number of hydrogen-bond acceptors (Lipinski definition) is 2. The zero-order valence-electron chi connectivity index (χ0n) is 7.85. The Morgan fingerprint density at radius 1 is 1.33 bits per heavy atom. The normalized spacial score (nSPS) is 8.75. The molecule has 0 fully saturated rings. The lowest BCUT2D eigenvalue weighted by molar-refractivity contribution is 0.463. The average Bonchev–Trinajstić information content (AvgIpc) is 2.04. The number of nitrogens with zero attached hydrogens (tertiary/aromatic N) is 1. The molecule has 0 amide bonds. The molecule has 3 heteroatoms. The average molecular weight is 188 g/mol. The summed E-state index contributed by atoms with van der Waals surface area (Å²) in [4.78, 5) is 3.85. The summed E-state index contributed by atoms with van der Waals surface area (Å²) in [5.74, 6) is 0.226. The summed E-state index contributed by atoms with van der Waals surface area (Å²) in [6.45, 7) is 7.50. The SMILES string of the molecule is CC.Cc1cc(Cl)nc(C)c1O. The van der Waals surface area contributed by atoms with Gasteiger partial charge >= 0.3 is 0 Å². The van der Waals surface area contributed by atoms with E-state index in [0.717, 1.165) is 5.56 Å². The van der Waals surface area contributed by atoms with Crippen LogP contribution in [0.5, 0.6) is 5.75 Å². The summed E-state index contributed by atoms with van der Waals surface area (Å²) in [7, 11) is 0. The third kappa shape index (κ3) is 2.70. The highest BCUT2D eigenvalue weighted by Gasteiger charge is 2.01. The van der Waals surface area contributed by atoms with Crippen LogP contribution in [0.1, 0.15) is 25.1 Å². The fourth-order valence-corrected chi connectivity index (χ4v) is 1.07. The minimum atomic E-state index is 0.226. The molecule has 68 valence electrons. The smallest absolute Gasteiger partial charge is 0.139 e. The van der Waals surface area contributed by atoms with Crippen LogP contribution in [0.15, 0.2) is 6.07 Å². The van der Waals surface area contributed by atoms with Crippen LogP contribution in [0.2, 0.25) is 5.15 Å². The first-order valence-electron chi connectivity index (χ1n) is 3.94. The van der Waals surface area contributed by atoms with Crippen LogP contribution in [0, 0.1) is 13.8 Å². The fraction of sp³-hybridized carbons (Fsp3) is 0.444. The highest BCUT2D eigenvalue weighted by Crippen LogP contribution is 2.21. The van der Waals surface area contributed by atoms with Crippen molar-refractivity contribution in [3.8, 4) is 5.75 Å². The lowest BCUT2D eigenvalue weighted by Gasteiger charge is -2.00. The van der Waals surface area contributed by atoms with Crippen LogP contribution < -0.4 is 0 Å². The minimum absolute atomic E-state index is 0.226. The highest BCUT2D eigenvalue weighted by atomic mass is 35.5. The number of aromatic hydroxyl groups is 1. The molecule has 0 atom stereocenters. The molecule has 1 rings (SSSR count). The summed E-state index contributed by atoms with van der Waals surface area (Å²) in [6, 6.07) is 1.63. The Balaban J connectivity index is 0.000000561. The number of pyridine rings is 1. The lowest BCUT2D eigenvalue weighted by Crippen LogP contribution is -1.85. The second-order valence-corrected chi connectivity index (χ2v) is 2.58. The largest absolute Gasteiger partial charge is 0.506 e. The van der Waals surface area contributed by atoms with Crippen molar-refractivity contribution in [2.75, 3.05) is 0 Å². The number of hydrogen-bond donors (Lipinski definition) is 1. The van der Waals surface area contributed by atoms with E-state index in [-0.39, 0.29) is 5.75 Å². The number of aryl methyl sites for hydroxylation is 2. The molecule has 0 saturated carbocycles. The second-order valence-electron chi connectivity index (χ2n) is 2.20. The Morgan fingerprint density at radius 2 is 1.83 bits per heavy atom. The predicted octanol–water partition coefficient (Wildman–Crippen LogP) is 3.08. The van der Waals surface area contributed by atoms with Crippen LogP contribution >= 0.6 is 11.6 Å². The first kappa shape index (κ1) is 11.2. The molecule has 1 aromatic heterocycles. The van der Waals surface area contributed by atoms with Gasteiger partial charge in [0.25, 0.3) is 0 Å². The van der Waals surface area contributed by atoms with Crippen LogP contribution in [0.3, 0.4) is 0 Å². The zero-order valence-corrected chi connectivity index (χ0v) is 8.61. The molecule has 1 aromatic rings. The van der Waals surface area contributed by atoms with Gasteiger partial charge in [-0.2, -0.15) is 0 Å². The summed E-state index contributed by atoms with van der Waals surface area (Å²) < 4.78 is 0. The van der Waals surface area contributed by atoms with Crippen molar-refractivity contribution in [2.45, 2.75) is 27.7 Å². The molecule has 2 nitrogen and oxygen atoms in total. The molecule has 0 aliphatic heterocycles. The molecule has 0 spiro atoms. The van der Waals surface area contributed by atoms with Gasteiger partial charge in [-0.1, -0.05) is 25.4 Å². The minimum Gasteiger partial charge on any atom is -0.506 e. The first-order valence-corrected chi connectivity index (χ1v) is 4.32. The number of halogens is 1. The van der Waals surface area contributed by atoms with Gasteiger partial charge in [0.1, 0.15) is 10.9 Å². The van der Waals surface area contributed by atoms with E-state index in [1.165, 1.54) is 0 Å². The van der Waals surface area contributed by atoms with Crippen molar-refractivity contribution in [2.24, 2.45) is 0 Å². The van der Waals surface area contributed by atoms with Gasteiger partial charge in [0.2, 0.25) is 0 Å². The molecule has 0 unspecified atom stereocenters. The van der Waals surface area contributed by atoms with E-state index in [0.29, 0.717) is 10.8 Å². The van der Waals surface area contributed by atoms with E-state index in [4.69, 9.17) is 11.6 Å².